The van der Waals surface area contributed by atoms with Crippen molar-refractivity contribution in [1.29, 1.82) is 0 Å². The van der Waals surface area contributed by atoms with Gasteiger partial charge in [0.1, 0.15) is 5.52 Å². The van der Waals surface area contributed by atoms with Crippen LogP contribution >= 0.6 is 0 Å². The van der Waals surface area contributed by atoms with E-state index in [1.807, 2.05) is 29.9 Å². The number of anilines is 1. The number of rotatable bonds is 6. The van der Waals surface area contributed by atoms with Crippen LogP contribution < -0.4 is 9.64 Å². The highest BCUT2D eigenvalue weighted by Crippen LogP contribution is 2.40. The lowest BCUT2D eigenvalue weighted by Crippen LogP contribution is -2.20. The molecule has 1 fully saturated rings. The highest BCUT2D eigenvalue weighted by Gasteiger charge is 2.25. The van der Waals surface area contributed by atoms with Crippen molar-refractivity contribution in [3.63, 3.8) is 0 Å². The largest absolute Gasteiger partial charge is 0.479 e. The van der Waals surface area contributed by atoms with Crippen molar-refractivity contribution in [2.24, 2.45) is 13.0 Å². The van der Waals surface area contributed by atoms with E-state index in [1.165, 1.54) is 19.1 Å². The topological polar surface area (TPSA) is 64.4 Å². The standard InChI is InChI=1S/C21H25N3O3S/c1-23(12-14-5-6-14)19-8-7-15(28(4,25)26)11-17(19)18-13-24(2)20-16(18)9-10-22-21(20)27-3/h7-11,13-14H,5-6,12H2,1-4H3. The van der Waals surface area contributed by atoms with E-state index in [0.29, 0.717) is 10.8 Å². The predicted octanol–water partition coefficient (Wildman–Crippen LogP) is 3.50. The first-order valence-electron chi connectivity index (χ1n) is 9.33. The first kappa shape index (κ1) is 18.8. The Hall–Kier alpha value is -2.54. The summed E-state index contributed by atoms with van der Waals surface area (Å²) < 4.78 is 31.8. The van der Waals surface area contributed by atoms with Gasteiger partial charge in [0.25, 0.3) is 0 Å². The van der Waals surface area contributed by atoms with Crippen LogP contribution in [-0.2, 0) is 16.9 Å². The van der Waals surface area contributed by atoms with Gasteiger partial charge in [-0.1, -0.05) is 0 Å². The van der Waals surface area contributed by atoms with Crippen molar-refractivity contribution in [2.75, 3.05) is 31.9 Å². The highest BCUT2D eigenvalue weighted by atomic mass is 32.2. The minimum atomic E-state index is -3.31. The molecule has 3 aromatic rings. The number of ether oxygens (including phenoxy) is 1. The third-order valence-electron chi connectivity index (χ3n) is 5.38. The van der Waals surface area contributed by atoms with E-state index in [-0.39, 0.29) is 0 Å². The molecule has 6 nitrogen and oxygen atoms in total. The van der Waals surface area contributed by atoms with E-state index < -0.39 is 9.84 Å². The van der Waals surface area contributed by atoms with Crippen molar-refractivity contribution in [1.82, 2.24) is 9.55 Å². The first-order valence-corrected chi connectivity index (χ1v) is 11.2. The molecular weight excluding hydrogens is 374 g/mol. The van der Waals surface area contributed by atoms with Crippen LogP contribution in [-0.4, -0.2) is 44.9 Å². The zero-order chi connectivity index (χ0) is 20.1. The highest BCUT2D eigenvalue weighted by molar-refractivity contribution is 7.90. The van der Waals surface area contributed by atoms with Gasteiger partial charge in [-0.15, -0.1) is 0 Å². The second-order valence-corrected chi connectivity index (χ2v) is 9.66. The second kappa shape index (κ2) is 6.81. The van der Waals surface area contributed by atoms with Crippen LogP contribution in [0.1, 0.15) is 12.8 Å². The second-order valence-electron chi connectivity index (χ2n) is 7.65. The summed E-state index contributed by atoms with van der Waals surface area (Å²) in [6, 6.07) is 7.36. The van der Waals surface area contributed by atoms with Crippen molar-refractivity contribution in [3.8, 4) is 17.0 Å². The molecule has 0 saturated heterocycles. The summed E-state index contributed by atoms with van der Waals surface area (Å²) in [6.07, 6.45) is 7.51. The fourth-order valence-electron chi connectivity index (χ4n) is 3.77. The molecule has 0 atom stereocenters. The number of nitrogens with zero attached hydrogens (tertiary/aromatic N) is 3. The van der Waals surface area contributed by atoms with Crippen LogP contribution in [0.5, 0.6) is 5.88 Å². The van der Waals surface area contributed by atoms with Gasteiger partial charge in [-0.2, -0.15) is 0 Å². The summed E-state index contributed by atoms with van der Waals surface area (Å²) >= 11 is 0. The van der Waals surface area contributed by atoms with Crippen molar-refractivity contribution < 1.29 is 13.2 Å². The summed E-state index contributed by atoms with van der Waals surface area (Å²) in [5, 5.41) is 0.987. The number of methoxy groups -OCH3 is 1. The summed E-state index contributed by atoms with van der Waals surface area (Å²) in [5.74, 6) is 1.28. The average Bonchev–Trinajstić information content (AvgIpc) is 3.41. The zero-order valence-electron chi connectivity index (χ0n) is 16.6. The Morgan fingerprint density at radius 2 is 2.00 bits per heavy atom. The number of pyridine rings is 1. The van der Waals surface area contributed by atoms with E-state index >= 15 is 0 Å². The van der Waals surface area contributed by atoms with Gasteiger partial charge in [-0.25, -0.2) is 13.4 Å². The fraction of sp³-hybridized carbons (Fsp3) is 0.381. The number of fused-ring (bicyclic) bond motifs is 1. The average molecular weight is 400 g/mol. The van der Waals surface area contributed by atoms with Crippen LogP contribution in [0.15, 0.2) is 41.6 Å². The van der Waals surface area contributed by atoms with Crippen LogP contribution in [0.3, 0.4) is 0 Å². The fourth-order valence-corrected chi connectivity index (χ4v) is 4.41. The Bertz CT molecular complexity index is 1150. The molecule has 1 aromatic carbocycles. The molecule has 2 heterocycles. The maximum atomic E-state index is 12.2. The molecular formula is C21H25N3O3S. The number of aromatic nitrogens is 2. The quantitative estimate of drug-likeness (QED) is 0.635. The Morgan fingerprint density at radius 3 is 2.64 bits per heavy atom. The number of hydrogen-bond acceptors (Lipinski definition) is 5. The smallest absolute Gasteiger partial charge is 0.238 e. The van der Waals surface area contributed by atoms with Crippen LogP contribution in [0, 0.1) is 5.92 Å². The van der Waals surface area contributed by atoms with Crippen LogP contribution in [0.4, 0.5) is 5.69 Å². The minimum absolute atomic E-state index is 0.323. The Morgan fingerprint density at radius 1 is 1.25 bits per heavy atom. The van der Waals surface area contributed by atoms with Crippen molar-refractivity contribution >= 4 is 26.4 Å². The van der Waals surface area contributed by atoms with Gasteiger partial charge in [0, 0.05) is 61.5 Å². The molecule has 0 bridgehead atoms. The third kappa shape index (κ3) is 3.35. The molecule has 7 heteroatoms. The molecule has 148 valence electrons. The lowest BCUT2D eigenvalue weighted by Gasteiger charge is -2.23. The summed E-state index contributed by atoms with van der Waals surface area (Å²) in [5.41, 5.74) is 3.80. The van der Waals surface area contributed by atoms with Gasteiger partial charge in [0.05, 0.1) is 12.0 Å². The summed E-state index contributed by atoms with van der Waals surface area (Å²) in [7, 11) is 2.32. The van der Waals surface area contributed by atoms with Crippen molar-refractivity contribution in [2.45, 2.75) is 17.7 Å². The third-order valence-corrected chi connectivity index (χ3v) is 6.49. The molecule has 0 aliphatic heterocycles. The van der Waals surface area contributed by atoms with Crippen molar-refractivity contribution in [3.05, 3.63) is 36.7 Å². The van der Waals surface area contributed by atoms with Gasteiger partial charge >= 0.3 is 0 Å². The Kier molecular flexibility index (Phi) is 4.57. The maximum Gasteiger partial charge on any atom is 0.238 e. The van der Waals surface area contributed by atoms with E-state index in [4.69, 9.17) is 4.74 Å². The molecule has 1 aliphatic rings. The summed E-state index contributed by atoms with van der Waals surface area (Å²) in [6.45, 7) is 0.973. The first-order chi connectivity index (χ1) is 13.3. The molecule has 28 heavy (non-hydrogen) atoms. The number of aryl methyl sites for hydroxylation is 1. The van der Waals surface area contributed by atoms with Gasteiger partial charge in [0.15, 0.2) is 9.84 Å². The molecule has 1 saturated carbocycles. The van der Waals surface area contributed by atoms with E-state index in [9.17, 15) is 8.42 Å². The summed E-state index contributed by atoms with van der Waals surface area (Å²) in [4.78, 5) is 6.86. The molecule has 0 amide bonds. The Labute approximate surface area is 165 Å². The molecule has 4 rings (SSSR count). The number of hydrogen-bond donors (Lipinski definition) is 0. The lowest BCUT2D eigenvalue weighted by atomic mass is 10.0. The monoisotopic (exact) mass is 399 g/mol. The molecule has 0 unspecified atom stereocenters. The van der Waals surface area contributed by atoms with Crippen LogP contribution in [0.25, 0.3) is 22.0 Å². The lowest BCUT2D eigenvalue weighted by molar-refractivity contribution is 0.401. The van der Waals surface area contributed by atoms with E-state index in [0.717, 1.165) is 40.2 Å². The van der Waals surface area contributed by atoms with Gasteiger partial charge in [-0.05, 0) is 43.0 Å². The molecule has 0 N–H and O–H groups in total. The minimum Gasteiger partial charge on any atom is -0.479 e. The molecule has 0 radical (unpaired) electrons. The van der Waals surface area contributed by atoms with Gasteiger partial charge in [-0.3, -0.25) is 0 Å². The SMILES string of the molecule is COc1nccc2c(-c3cc(S(C)(=O)=O)ccc3N(C)CC3CC3)cn(C)c12. The predicted molar refractivity (Wildman–Crippen MR) is 112 cm³/mol. The molecule has 2 aromatic heterocycles. The normalized spacial score (nSPS) is 14.4. The van der Waals surface area contributed by atoms with E-state index in [2.05, 4.69) is 16.9 Å². The van der Waals surface area contributed by atoms with Gasteiger partial charge < -0.3 is 14.2 Å². The Balaban J connectivity index is 1.95. The molecule has 0 spiro atoms. The number of benzene rings is 1. The zero-order valence-corrected chi connectivity index (χ0v) is 17.5. The number of sulfone groups is 1. The van der Waals surface area contributed by atoms with Crippen LogP contribution in [0.2, 0.25) is 0 Å². The molecule has 1 aliphatic carbocycles. The van der Waals surface area contributed by atoms with Gasteiger partial charge in [0.2, 0.25) is 5.88 Å². The van der Waals surface area contributed by atoms with E-state index in [1.54, 1.807) is 25.4 Å². The maximum absolute atomic E-state index is 12.2.